The molecule has 0 fully saturated rings. The summed E-state index contributed by atoms with van der Waals surface area (Å²) in [4.78, 5) is 0. The van der Waals surface area contributed by atoms with Crippen molar-refractivity contribution in [3.05, 3.63) is 59.7 Å². The van der Waals surface area contributed by atoms with Gasteiger partial charge in [0.25, 0.3) is 0 Å². The summed E-state index contributed by atoms with van der Waals surface area (Å²) in [5.41, 5.74) is 3.39. The molecule has 0 N–H and O–H groups in total. The number of hydrogen-bond donors (Lipinski definition) is 0. The number of fused-ring (bicyclic) bond motifs is 1. The van der Waals surface area contributed by atoms with E-state index in [1.807, 2.05) is 30.3 Å². The van der Waals surface area contributed by atoms with Crippen LogP contribution in [0.3, 0.4) is 0 Å². The lowest BCUT2D eigenvalue weighted by Gasteiger charge is -2.18. The fourth-order valence-corrected chi connectivity index (χ4v) is 3.36. The average molecular weight is 340 g/mol. The highest BCUT2D eigenvalue weighted by Gasteiger charge is 2.35. The Bertz CT molecular complexity index is 782. The maximum Gasteiger partial charge on any atom is 0.165 e. The molecule has 2 aromatic carbocycles. The second kappa shape index (κ2) is 7.09. The van der Waals surface area contributed by atoms with Gasteiger partial charge in [0.2, 0.25) is 0 Å². The zero-order valence-electron chi connectivity index (χ0n) is 15.2. The van der Waals surface area contributed by atoms with Gasteiger partial charge in [-0.25, -0.2) is 0 Å². The van der Waals surface area contributed by atoms with E-state index < -0.39 is 0 Å². The Balaban J connectivity index is 2.00. The largest absolute Gasteiger partial charge is 0.493 e. The normalized spacial score (nSPS) is 18.2. The Labute approximate surface area is 149 Å². The minimum Gasteiger partial charge on any atom is -0.493 e. The van der Waals surface area contributed by atoms with E-state index in [0.717, 1.165) is 29.0 Å². The molecule has 0 unspecified atom stereocenters. The van der Waals surface area contributed by atoms with Crippen LogP contribution in [0.4, 0.5) is 0 Å². The highest BCUT2D eigenvalue weighted by atomic mass is 16.5. The Morgan fingerprint density at radius 3 is 2.36 bits per heavy atom. The molecule has 0 saturated carbocycles. The van der Waals surface area contributed by atoms with Crippen molar-refractivity contribution in [3.8, 4) is 23.0 Å². The van der Waals surface area contributed by atoms with E-state index in [-0.39, 0.29) is 12.0 Å². The Morgan fingerprint density at radius 1 is 1.00 bits per heavy atom. The van der Waals surface area contributed by atoms with Crippen molar-refractivity contribution >= 4 is 0 Å². The lowest BCUT2D eigenvalue weighted by molar-refractivity contribution is 0.207. The van der Waals surface area contributed by atoms with E-state index in [1.165, 1.54) is 5.56 Å². The van der Waals surface area contributed by atoms with Crippen molar-refractivity contribution in [1.82, 2.24) is 0 Å². The number of hydrogen-bond acceptors (Lipinski definition) is 4. The third-order valence-electron chi connectivity index (χ3n) is 4.67. The molecule has 0 radical (unpaired) electrons. The smallest absolute Gasteiger partial charge is 0.165 e. The zero-order valence-corrected chi connectivity index (χ0v) is 15.2. The summed E-state index contributed by atoms with van der Waals surface area (Å²) in [6.45, 7) is 6.00. The summed E-state index contributed by atoms with van der Waals surface area (Å²) >= 11 is 0. The molecule has 1 aliphatic heterocycles. The summed E-state index contributed by atoms with van der Waals surface area (Å²) in [6, 6.07) is 10.1. The van der Waals surface area contributed by atoms with Gasteiger partial charge in [-0.15, -0.1) is 6.58 Å². The average Bonchev–Trinajstić information content (AvgIpc) is 2.97. The first kappa shape index (κ1) is 17.2. The van der Waals surface area contributed by atoms with E-state index >= 15 is 0 Å². The molecule has 0 aliphatic carbocycles. The third kappa shape index (κ3) is 3.04. The number of rotatable bonds is 6. The maximum absolute atomic E-state index is 6.29. The molecule has 0 spiro atoms. The first-order valence-electron chi connectivity index (χ1n) is 8.33. The van der Waals surface area contributed by atoms with Crippen molar-refractivity contribution < 1.29 is 18.9 Å². The predicted molar refractivity (Wildman–Crippen MR) is 98.2 cm³/mol. The SMILES string of the molecule is C=CCc1cc(OC)c2c(c1)[C@H](C)[C@@H](c1ccc(OC)c(OC)c1)O2. The van der Waals surface area contributed by atoms with Crippen LogP contribution in [0, 0.1) is 0 Å². The maximum atomic E-state index is 6.29. The van der Waals surface area contributed by atoms with Gasteiger partial charge in [-0.1, -0.05) is 25.1 Å². The molecule has 2 atom stereocenters. The summed E-state index contributed by atoms with van der Waals surface area (Å²) in [5.74, 6) is 3.20. The van der Waals surface area contributed by atoms with E-state index in [9.17, 15) is 0 Å². The third-order valence-corrected chi connectivity index (χ3v) is 4.67. The summed E-state index contributed by atoms with van der Waals surface area (Å²) in [7, 11) is 4.94. The standard InChI is InChI=1S/C21H24O4/c1-6-7-14-10-16-13(2)20(25-21(16)19(11-14)24-5)15-8-9-17(22-3)18(12-15)23-4/h6,8-13,20H,1,7H2,2-5H3/t13-,20-/m0/s1. The highest BCUT2D eigenvalue weighted by Crippen LogP contribution is 2.51. The first-order valence-corrected chi connectivity index (χ1v) is 8.33. The Hall–Kier alpha value is -2.62. The highest BCUT2D eigenvalue weighted by molar-refractivity contribution is 5.55. The molecule has 1 heterocycles. The van der Waals surface area contributed by atoms with Crippen LogP contribution >= 0.6 is 0 Å². The monoisotopic (exact) mass is 340 g/mol. The van der Waals surface area contributed by atoms with Gasteiger partial charge in [0.05, 0.1) is 21.3 Å². The van der Waals surface area contributed by atoms with Gasteiger partial charge < -0.3 is 18.9 Å². The molecule has 25 heavy (non-hydrogen) atoms. The molecule has 2 aromatic rings. The molecule has 0 aromatic heterocycles. The van der Waals surface area contributed by atoms with Crippen LogP contribution < -0.4 is 18.9 Å². The molecule has 0 saturated heterocycles. The van der Waals surface area contributed by atoms with Gasteiger partial charge in [0.15, 0.2) is 23.0 Å². The van der Waals surface area contributed by atoms with Gasteiger partial charge in [-0.05, 0) is 35.7 Å². The van der Waals surface area contributed by atoms with Crippen LogP contribution in [0.1, 0.15) is 35.6 Å². The molecular formula is C21H24O4. The molecular weight excluding hydrogens is 316 g/mol. The van der Waals surface area contributed by atoms with Crippen molar-refractivity contribution in [1.29, 1.82) is 0 Å². The number of ether oxygens (including phenoxy) is 4. The van der Waals surface area contributed by atoms with Gasteiger partial charge in [-0.2, -0.15) is 0 Å². The van der Waals surface area contributed by atoms with Gasteiger partial charge in [0, 0.05) is 11.5 Å². The zero-order chi connectivity index (χ0) is 18.0. The lowest BCUT2D eigenvalue weighted by Crippen LogP contribution is -2.07. The summed E-state index contributed by atoms with van der Waals surface area (Å²) in [6.07, 6.45) is 2.60. The van der Waals surface area contributed by atoms with Crippen molar-refractivity contribution in [2.45, 2.75) is 25.4 Å². The topological polar surface area (TPSA) is 36.9 Å². The van der Waals surface area contributed by atoms with Crippen LogP contribution in [0.2, 0.25) is 0 Å². The molecule has 0 amide bonds. The summed E-state index contributed by atoms with van der Waals surface area (Å²) in [5, 5.41) is 0. The van der Waals surface area contributed by atoms with Crippen LogP contribution in [-0.2, 0) is 6.42 Å². The first-order chi connectivity index (χ1) is 12.1. The molecule has 1 aliphatic rings. The van der Waals surface area contributed by atoms with Crippen molar-refractivity contribution in [3.63, 3.8) is 0 Å². The molecule has 4 nitrogen and oxygen atoms in total. The van der Waals surface area contributed by atoms with Crippen LogP contribution in [-0.4, -0.2) is 21.3 Å². The lowest BCUT2D eigenvalue weighted by atomic mass is 9.91. The number of benzene rings is 2. The second-order valence-electron chi connectivity index (χ2n) is 6.15. The fourth-order valence-electron chi connectivity index (χ4n) is 3.36. The number of methoxy groups -OCH3 is 3. The molecule has 3 rings (SSSR count). The summed E-state index contributed by atoms with van der Waals surface area (Å²) < 4.78 is 22.6. The van der Waals surface area contributed by atoms with Crippen LogP contribution in [0.5, 0.6) is 23.0 Å². The van der Waals surface area contributed by atoms with Crippen LogP contribution in [0.25, 0.3) is 0 Å². The van der Waals surface area contributed by atoms with E-state index in [2.05, 4.69) is 19.6 Å². The van der Waals surface area contributed by atoms with Gasteiger partial charge in [0.1, 0.15) is 6.10 Å². The fraction of sp³-hybridized carbons (Fsp3) is 0.333. The minimum absolute atomic E-state index is 0.0947. The Kier molecular flexibility index (Phi) is 4.88. The molecule has 0 bridgehead atoms. The molecule has 4 heteroatoms. The van der Waals surface area contributed by atoms with Crippen molar-refractivity contribution in [2.75, 3.05) is 21.3 Å². The van der Waals surface area contributed by atoms with Crippen LogP contribution in [0.15, 0.2) is 43.0 Å². The Morgan fingerprint density at radius 2 is 1.72 bits per heavy atom. The van der Waals surface area contributed by atoms with E-state index in [0.29, 0.717) is 11.5 Å². The van der Waals surface area contributed by atoms with E-state index in [4.69, 9.17) is 18.9 Å². The quantitative estimate of drug-likeness (QED) is 0.716. The van der Waals surface area contributed by atoms with Gasteiger partial charge >= 0.3 is 0 Å². The second-order valence-corrected chi connectivity index (χ2v) is 6.15. The van der Waals surface area contributed by atoms with Gasteiger partial charge in [-0.3, -0.25) is 0 Å². The minimum atomic E-state index is -0.0947. The predicted octanol–water partition coefficient (Wildman–Crippen LogP) is 4.68. The number of allylic oxidation sites excluding steroid dienone is 1. The molecule has 132 valence electrons. The van der Waals surface area contributed by atoms with Crippen molar-refractivity contribution in [2.24, 2.45) is 0 Å². The van der Waals surface area contributed by atoms with E-state index in [1.54, 1.807) is 21.3 Å².